The zero-order valence-corrected chi connectivity index (χ0v) is 16.7. The van der Waals surface area contributed by atoms with Crippen LogP contribution in [0, 0.1) is 0 Å². The van der Waals surface area contributed by atoms with E-state index in [4.69, 9.17) is 27.9 Å². The topological polar surface area (TPSA) is 41.6 Å². The van der Waals surface area contributed by atoms with E-state index < -0.39 is 0 Å². The highest BCUT2D eigenvalue weighted by molar-refractivity contribution is 6.42. The van der Waals surface area contributed by atoms with Crippen LogP contribution in [0.4, 0.5) is 0 Å². The minimum absolute atomic E-state index is 0.298. The van der Waals surface area contributed by atoms with Gasteiger partial charge in [0.25, 0.3) is 0 Å². The van der Waals surface area contributed by atoms with Crippen LogP contribution in [0.1, 0.15) is 30.4 Å². The van der Waals surface area contributed by atoms with Crippen LogP contribution in [0.3, 0.4) is 0 Å². The molecule has 0 radical (unpaired) electrons. The summed E-state index contributed by atoms with van der Waals surface area (Å²) in [5.74, 6) is 1.11. The molecule has 144 valence electrons. The second-order valence-corrected chi connectivity index (χ2v) is 7.51. The molecule has 0 spiro atoms. The van der Waals surface area contributed by atoms with E-state index in [1.165, 1.54) is 5.56 Å². The van der Waals surface area contributed by atoms with Crippen LogP contribution in [-0.2, 0) is 17.9 Å². The number of likely N-dealkylation sites (tertiary alicyclic amines) is 1. The van der Waals surface area contributed by atoms with Crippen LogP contribution in [0.25, 0.3) is 0 Å². The van der Waals surface area contributed by atoms with E-state index in [1.54, 1.807) is 6.07 Å². The summed E-state index contributed by atoms with van der Waals surface area (Å²) in [5, 5.41) is 4.50. The highest BCUT2D eigenvalue weighted by atomic mass is 35.5. The molecule has 0 atom stereocenters. The fraction of sp³-hybridized carbons (Fsp3) is 0.381. The number of nitrogens with zero attached hydrogens (tertiary/aromatic N) is 1. The zero-order valence-electron chi connectivity index (χ0n) is 15.2. The Morgan fingerprint density at radius 1 is 1.04 bits per heavy atom. The first kappa shape index (κ1) is 20.0. The van der Waals surface area contributed by atoms with Gasteiger partial charge in [0.15, 0.2) is 0 Å². The van der Waals surface area contributed by atoms with Crippen molar-refractivity contribution in [2.24, 2.45) is 0 Å². The summed E-state index contributed by atoms with van der Waals surface area (Å²) in [7, 11) is 0. The lowest BCUT2D eigenvalue weighted by atomic mass is 10.2. The van der Waals surface area contributed by atoms with Crippen LogP contribution in [-0.4, -0.2) is 30.4 Å². The molecule has 6 heteroatoms. The van der Waals surface area contributed by atoms with E-state index >= 15 is 0 Å². The van der Waals surface area contributed by atoms with Gasteiger partial charge in [-0.25, -0.2) is 0 Å². The van der Waals surface area contributed by atoms with Gasteiger partial charge in [0, 0.05) is 26.1 Å². The van der Waals surface area contributed by atoms with Crippen molar-refractivity contribution in [2.75, 3.05) is 19.6 Å². The van der Waals surface area contributed by atoms with Gasteiger partial charge >= 0.3 is 0 Å². The first-order valence-electron chi connectivity index (χ1n) is 9.26. The first-order valence-corrected chi connectivity index (χ1v) is 10.0. The van der Waals surface area contributed by atoms with Gasteiger partial charge in [0.1, 0.15) is 12.4 Å². The molecule has 4 nitrogen and oxygen atoms in total. The van der Waals surface area contributed by atoms with Crippen molar-refractivity contribution in [1.82, 2.24) is 10.2 Å². The van der Waals surface area contributed by atoms with E-state index in [1.807, 2.05) is 29.2 Å². The lowest BCUT2D eigenvalue weighted by molar-refractivity contribution is -0.127. The van der Waals surface area contributed by atoms with Gasteiger partial charge < -0.3 is 15.0 Å². The molecule has 0 saturated carbocycles. The minimum Gasteiger partial charge on any atom is -0.489 e. The van der Waals surface area contributed by atoms with E-state index in [2.05, 4.69) is 17.4 Å². The molecule has 1 aliphatic rings. The summed E-state index contributed by atoms with van der Waals surface area (Å²) in [4.78, 5) is 13.5. The summed E-state index contributed by atoms with van der Waals surface area (Å²) in [6, 6.07) is 13.5. The first-order chi connectivity index (χ1) is 13.1. The molecule has 1 aliphatic heterocycles. The number of hydrogen-bond acceptors (Lipinski definition) is 3. The highest BCUT2D eigenvalue weighted by Crippen LogP contribution is 2.23. The Hall–Kier alpha value is -1.75. The molecule has 3 rings (SSSR count). The Morgan fingerprint density at radius 2 is 1.81 bits per heavy atom. The summed E-state index contributed by atoms with van der Waals surface area (Å²) in [6.07, 6.45) is 2.70. The number of hydrogen-bond donors (Lipinski definition) is 1. The van der Waals surface area contributed by atoms with Gasteiger partial charge in [-0.05, 0) is 54.8 Å². The predicted molar refractivity (Wildman–Crippen MR) is 109 cm³/mol. The standard InChI is InChI=1S/C21H24Cl2N2O2/c22-19-9-6-17(13-20(19)23)15-27-18-7-4-16(5-8-18)14-24-10-2-12-25-11-1-3-21(25)26/h4-9,13,24H,1-3,10-12,14-15H2. The zero-order chi connectivity index (χ0) is 19.1. The molecule has 2 aromatic carbocycles. The van der Waals surface area contributed by atoms with Crippen molar-refractivity contribution in [3.63, 3.8) is 0 Å². The molecule has 2 aromatic rings. The maximum atomic E-state index is 11.5. The molecule has 0 aromatic heterocycles. The Kier molecular flexibility index (Phi) is 7.39. The molecule has 1 saturated heterocycles. The van der Waals surface area contributed by atoms with Gasteiger partial charge in [-0.1, -0.05) is 41.4 Å². The summed E-state index contributed by atoms with van der Waals surface area (Å²) < 4.78 is 5.79. The van der Waals surface area contributed by atoms with Crippen LogP contribution in [0.15, 0.2) is 42.5 Å². The predicted octanol–water partition coefficient (Wildman–Crippen LogP) is 4.67. The van der Waals surface area contributed by atoms with E-state index in [-0.39, 0.29) is 0 Å². The normalized spacial score (nSPS) is 14.0. The van der Waals surface area contributed by atoms with Crippen molar-refractivity contribution in [1.29, 1.82) is 0 Å². The Bertz CT molecular complexity index is 765. The third-order valence-corrected chi connectivity index (χ3v) is 5.33. The van der Waals surface area contributed by atoms with Gasteiger partial charge in [-0.15, -0.1) is 0 Å². The second kappa shape index (κ2) is 9.98. The quantitative estimate of drug-likeness (QED) is 0.614. The molecule has 1 amide bonds. The van der Waals surface area contributed by atoms with Gasteiger partial charge in [0.2, 0.25) is 5.91 Å². The maximum absolute atomic E-state index is 11.5. The fourth-order valence-corrected chi connectivity index (χ4v) is 3.39. The van der Waals surface area contributed by atoms with Crippen LogP contribution >= 0.6 is 23.2 Å². The number of carbonyl (C=O) groups is 1. The molecular formula is C21H24Cl2N2O2. The van der Waals surface area contributed by atoms with E-state index in [0.29, 0.717) is 29.0 Å². The number of benzene rings is 2. The third-order valence-electron chi connectivity index (χ3n) is 4.59. The maximum Gasteiger partial charge on any atom is 0.222 e. The number of carbonyl (C=O) groups excluding carboxylic acids is 1. The average Bonchev–Trinajstić information content (AvgIpc) is 3.08. The SMILES string of the molecule is O=C1CCCN1CCCNCc1ccc(OCc2ccc(Cl)c(Cl)c2)cc1. The molecule has 1 heterocycles. The number of ether oxygens (including phenoxy) is 1. The molecule has 27 heavy (non-hydrogen) atoms. The molecular weight excluding hydrogens is 383 g/mol. The third kappa shape index (κ3) is 6.13. The van der Waals surface area contributed by atoms with Crippen LogP contribution in [0.2, 0.25) is 10.0 Å². The summed E-state index contributed by atoms with van der Waals surface area (Å²) in [5.41, 5.74) is 2.18. The van der Waals surface area contributed by atoms with Crippen LogP contribution in [0.5, 0.6) is 5.75 Å². The molecule has 0 unspecified atom stereocenters. The number of amides is 1. The van der Waals surface area contributed by atoms with Gasteiger partial charge in [-0.3, -0.25) is 4.79 Å². The molecule has 0 bridgehead atoms. The lowest BCUT2D eigenvalue weighted by Crippen LogP contribution is -2.28. The number of halogens is 2. The van der Waals surface area contributed by atoms with E-state index in [0.717, 1.165) is 50.3 Å². The van der Waals surface area contributed by atoms with Gasteiger partial charge in [0.05, 0.1) is 10.0 Å². The Balaban J connectivity index is 1.35. The largest absolute Gasteiger partial charge is 0.489 e. The Labute approximate surface area is 170 Å². The molecule has 1 fully saturated rings. The van der Waals surface area contributed by atoms with Crippen molar-refractivity contribution < 1.29 is 9.53 Å². The average molecular weight is 407 g/mol. The molecule has 1 N–H and O–H groups in total. The minimum atomic E-state index is 0.298. The van der Waals surface area contributed by atoms with Crippen molar-refractivity contribution in [3.8, 4) is 5.75 Å². The number of rotatable bonds is 9. The smallest absolute Gasteiger partial charge is 0.222 e. The molecule has 0 aliphatic carbocycles. The second-order valence-electron chi connectivity index (χ2n) is 6.70. The van der Waals surface area contributed by atoms with Crippen molar-refractivity contribution in [2.45, 2.75) is 32.4 Å². The Morgan fingerprint density at radius 3 is 2.52 bits per heavy atom. The van der Waals surface area contributed by atoms with E-state index in [9.17, 15) is 4.79 Å². The monoisotopic (exact) mass is 406 g/mol. The summed E-state index contributed by atoms with van der Waals surface area (Å²) in [6.45, 7) is 3.93. The summed E-state index contributed by atoms with van der Waals surface area (Å²) >= 11 is 11.9. The van der Waals surface area contributed by atoms with Gasteiger partial charge in [-0.2, -0.15) is 0 Å². The number of nitrogens with one attached hydrogen (secondary N) is 1. The highest BCUT2D eigenvalue weighted by Gasteiger charge is 2.18. The van der Waals surface area contributed by atoms with Crippen molar-refractivity contribution in [3.05, 3.63) is 63.6 Å². The lowest BCUT2D eigenvalue weighted by Gasteiger charge is -2.15. The fourth-order valence-electron chi connectivity index (χ4n) is 3.07. The van der Waals surface area contributed by atoms with Crippen molar-refractivity contribution >= 4 is 29.1 Å². The van der Waals surface area contributed by atoms with Crippen LogP contribution < -0.4 is 10.1 Å².